The van der Waals surface area contributed by atoms with Crippen LogP contribution >= 0.6 is 11.8 Å². The molecule has 92 valence electrons. The molecule has 1 aliphatic carbocycles. The minimum Gasteiger partial charge on any atom is -0.481 e. The Kier molecular flexibility index (Phi) is 4.14. The fourth-order valence-electron chi connectivity index (χ4n) is 2.81. The molecule has 4 heteroatoms. The number of carboxylic acid groups (broad SMARTS) is 1. The van der Waals surface area contributed by atoms with Crippen molar-refractivity contribution in [3.8, 4) is 0 Å². The summed E-state index contributed by atoms with van der Waals surface area (Å²) in [5.41, 5.74) is 0.166. The Morgan fingerprint density at radius 3 is 2.88 bits per heavy atom. The highest BCUT2D eigenvalue weighted by atomic mass is 32.2. The molecule has 2 fully saturated rings. The minimum absolute atomic E-state index is 0.166. The van der Waals surface area contributed by atoms with E-state index in [1.807, 2.05) is 11.8 Å². The molecule has 0 bridgehead atoms. The molecule has 1 aliphatic heterocycles. The number of hydrogen-bond acceptors (Lipinski definition) is 3. The first-order valence-electron chi connectivity index (χ1n) is 6.18. The maximum atomic E-state index is 10.5. The normalized spacial score (nSPS) is 28.4. The first-order chi connectivity index (χ1) is 7.70. The number of carboxylic acids is 1. The Hall–Kier alpha value is -0.220. The Labute approximate surface area is 101 Å². The van der Waals surface area contributed by atoms with E-state index < -0.39 is 5.97 Å². The molecular weight excluding hydrogens is 224 g/mol. The predicted octanol–water partition coefficient (Wildman–Crippen LogP) is 2.69. The highest BCUT2D eigenvalue weighted by molar-refractivity contribution is 7.99. The van der Waals surface area contributed by atoms with Crippen molar-refractivity contribution in [3.05, 3.63) is 0 Å². The van der Waals surface area contributed by atoms with E-state index in [4.69, 9.17) is 9.84 Å². The summed E-state index contributed by atoms with van der Waals surface area (Å²) in [6.07, 6.45) is 7.53. The van der Waals surface area contributed by atoms with Crippen LogP contribution in [0.2, 0.25) is 0 Å². The van der Waals surface area contributed by atoms with Gasteiger partial charge in [0, 0.05) is 17.6 Å². The van der Waals surface area contributed by atoms with Gasteiger partial charge < -0.3 is 9.84 Å². The third-order valence-electron chi connectivity index (χ3n) is 3.63. The molecule has 0 aromatic rings. The van der Waals surface area contributed by atoms with E-state index in [-0.39, 0.29) is 12.0 Å². The molecule has 1 spiro atoms. The molecule has 0 aromatic carbocycles. The molecule has 2 aliphatic rings. The highest BCUT2D eigenvalue weighted by Crippen LogP contribution is 2.42. The molecular formula is C12H20O3S. The van der Waals surface area contributed by atoms with E-state index in [0.29, 0.717) is 5.25 Å². The molecule has 16 heavy (non-hydrogen) atoms. The Balaban J connectivity index is 1.76. The fraction of sp³-hybridized carbons (Fsp3) is 0.917. The molecule has 1 heterocycles. The fourth-order valence-corrected chi connectivity index (χ4v) is 4.12. The van der Waals surface area contributed by atoms with Crippen molar-refractivity contribution in [1.82, 2.24) is 0 Å². The standard InChI is InChI=1S/C12H20O3S/c13-11(14)4-8-16-10-3-7-15-12(9-10)5-1-2-6-12/h10H,1-9H2,(H,13,14). The number of carbonyl (C=O) groups is 1. The first-order valence-corrected chi connectivity index (χ1v) is 7.22. The van der Waals surface area contributed by atoms with Crippen molar-refractivity contribution in [1.29, 1.82) is 0 Å². The average molecular weight is 244 g/mol. The molecule has 1 unspecified atom stereocenters. The summed E-state index contributed by atoms with van der Waals surface area (Å²) >= 11 is 1.83. The third-order valence-corrected chi connectivity index (χ3v) is 4.95. The van der Waals surface area contributed by atoms with Gasteiger partial charge in [0.15, 0.2) is 0 Å². The van der Waals surface area contributed by atoms with Crippen LogP contribution in [0.15, 0.2) is 0 Å². The van der Waals surface area contributed by atoms with Crippen LogP contribution in [0.4, 0.5) is 0 Å². The number of aliphatic carboxylic acids is 1. The Bertz CT molecular complexity index is 249. The lowest BCUT2D eigenvalue weighted by Crippen LogP contribution is -2.38. The minimum atomic E-state index is -0.685. The van der Waals surface area contributed by atoms with Crippen molar-refractivity contribution in [2.45, 2.75) is 55.8 Å². The number of hydrogen-bond donors (Lipinski definition) is 1. The molecule has 1 saturated heterocycles. The zero-order valence-corrected chi connectivity index (χ0v) is 10.4. The van der Waals surface area contributed by atoms with Crippen molar-refractivity contribution in [2.75, 3.05) is 12.4 Å². The van der Waals surface area contributed by atoms with Crippen molar-refractivity contribution < 1.29 is 14.6 Å². The average Bonchev–Trinajstić information content (AvgIpc) is 2.66. The van der Waals surface area contributed by atoms with Crippen LogP contribution in [0.1, 0.15) is 44.9 Å². The third kappa shape index (κ3) is 3.14. The summed E-state index contributed by atoms with van der Waals surface area (Å²) in [7, 11) is 0. The number of rotatable bonds is 4. The van der Waals surface area contributed by atoms with Gasteiger partial charge >= 0.3 is 5.97 Å². The lowest BCUT2D eigenvalue weighted by molar-refractivity contribution is -0.136. The van der Waals surface area contributed by atoms with E-state index >= 15 is 0 Å². The second-order valence-electron chi connectivity index (χ2n) is 4.87. The van der Waals surface area contributed by atoms with E-state index in [9.17, 15) is 4.79 Å². The van der Waals surface area contributed by atoms with Gasteiger partial charge in [-0.3, -0.25) is 4.79 Å². The number of thioether (sulfide) groups is 1. The van der Waals surface area contributed by atoms with Crippen LogP contribution in [-0.4, -0.2) is 34.3 Å². The van der Waals surface area contributed by atoms with Gasteiger partial charge in [-0.05, 0) is 25.7 Å². The van der Waals surface area contributed by atoms with Crippen LogP contribution in [0.25, 0.3) is 0 Å². The van der Waals surface area contributed by atoms with Gasteiger partial charge in [-0.25, -0.2) is 0 Å². The van der Waals surface area contributed by atoms with Gasteiger partial charge in [-0.15, -0.1) is 0 Å². The molecule has 1 atom stereocenters. The molecule has 1 saturated carbocycles. The zero-order chi connectivity index (χ0) is 11.4. The van der Waals surface area contributed by atoms with Crippen molar-refractivity contribution in [2.24, 2.45) is 0 Å². The second-order valence-corrected chi connectivity index (χ2v) is 6.28. The molecule has 0 aromatic heterocycles. The van der Waals surface area contributed by atoms with Gasteiger partial charge in [-0.1, -0.05) is 12.8 Å². The first kappa shape index (κ1) is 12.2. The Morgan fingerprint density at radius 2 is 2.19 bits per heavy atom. The maximum absolute atomic E-state index is 10.5. The van der Waals surface area contributed by atoms with Crippen molar-refractivity contribution >= 4 is 17.7 Å². The SMILES string of the molecule is O=C(O)CCSC1CCOC2(CCCC2)C1. The molecule has 3 nitrogen and oxygen atoms in total. The maximum Gasteiger partial charge on any atom is 0.304 e. The van der Waals surface area contributed by atoms with Crippen LogP contribution in [0, 0.1) is 0 Å². The quantitative estimate of drug-likeness (QED) is 0.826. The topological polar surface area (TPSA) is 46.5 Å². The monoisotopic (exact) mass is 244 g/mol. The van der Waals surface area contributed by atoms with Gasteiger partial charge in [0.25, 0.3) is 0 Å². The zero-order valence-electron chi connectivity index (χ0n) is 9.61. The van der Waals surface area contributed by atoms with Gasteiger partial charge in [0.1, 0.15) is 0 Å². The van der Waals surface area contributed by atoms with Gasteiger partial charge in [0.05, 0.1) is 12.0 Å². The molecule has 0 radical (unpaired) electrons. The highest BCUT2D eigenvalue weighted by Gasteiger charge is 2.39. The summed E-state index contributed by atoms with van der Waals surface area (Å²) in [6, 6.07) is 0. The summed E-state index contributed by atoms with van der Waals surface area (Å²) in [5.74, 6) is 0.0611. The lowest BCUT2D eigenvalue weighted by Gasteiger charge is -2.38. The van der Waals surface area contributed by atoms with Crippen LogP contribution in [0.5, 0.6) is 0 Å². The van der Waals surface area contributed by atoms with Gasteiger partial charge in [-0.2, -0.15) is 11.8 Å². The van der Waals surface area contributed by atoms with Gasteiger partial charge in [0.2, 0.25) is 0 Å². The van der Waals surface area contributed by atoms with E-state index in [1.54, 1.807) is 0 Å². The summed E-state index contributed by atoms with van der Waals surface area (Å²) in [5, 5.41) is 9.23. The van der Waals surface area contributed by atoms with Crippen LogP contribution < -0.4 is 0 Å². The van der Waals surface area contributed by atoms with E-state index in [0.717, 1.165) is 25.2 Å². The predicted molar refractivity (Wildman–Crippen MR) is 64.9 cm³/mol. The van der Waals surface area contributed by atoms with E-state index in [2.05, 4.69) is 0 Å². The molecule has 2 rings (SSSR count). The summed E-state index contributed by atoms with van der Waals surface area (Å²) in [4.78, 5) is 10.5. The van der Waals surface area contributed by atoms with E-state index in [1.165, 1.54) is 25.7 Å². The number of ether oxygens (including phenoxy) is 1. The summed E-state index contributed by atoms with van der Waals surface area (Å²) < 4.78 is 5.95. The molecule has 1 N–H and O–H groups in total. The summed E-state index contributed by atoms with van der Waals surface area (Å²) in [6.45, 7) is 0.866. The second kappa shape index (κ2) is 5.41. The lowest BCUT2D eigenvalue weighted by atomic mass is 9.92. The largest absolute Gasteiger partial charge is 0.481 e. The molecule has 0 amide bonds. The Morgan fingerprint density at radius 1 is 1.44 bits per heavy atom. The van der Waals surface area contributed by atoms with Crippen molar-refractivity contribution in [3.63, 3.8) is 0 Å². The van der Waals surface area contributed by atoms with Crippen LogP contribution in [0.3, 0.4) is 0 Å². The smallest absolute Gasteiger partial charge is 0.304 e. The van der Waals surface area contributed by atoms with Crippen LogP contribution in [-0.2, 0) is 9.53 Å².